The summed E-state index contributed by atoms with van der Waals surface area (Å²) in [6, 6.07) is 17.2. The number of rotatable bonds is 17. The number of aromatic carboxylic acids is 3. The first kappa shape index (κ1) is 44.6. The Hall–Kier alpha value is -4.41. The van der Waals surface area contributed by atoms with Gasteiger partial charge in [0.15, 0.2) is 0 Å². The molecule has 0 N–H and O–H groups in total. The zero-order valence-electron chi connectivity index (χ0n) is 30.0. The Labute approximate surface area is 314 Å². The van der Waals surface area contributed by atoms with E-state index in [4.69, 9.17) is 0 Å². The molecule has 0 aromatic carbocycles. The van der Waals surface area contributed by atoms with Crippen molar-refractivity contribution in [1.29, 1.82) is 0 Å². The molecule has 4 heterocycles. The molecule has 0 unspecified atom stereocenters. The van der Waals surface area contributed by atoms with Crippen LogP contribution in [-0.2, 0) is 19.5 Å². The van der Waals surface area contributed by atoms with Crippen LogP contribution in [0.3, 0.4) is 0 Å². The predicted molar refractivity (Wildman–Crippen MR) is 187 cm³/mol. The van der Waals surface area contributed by atoms with Gasteiger partial charge in [0.05, 0.1) is 78.3 Å². The summed E-state index contributed by atoms with van der Waals surface area (Å²) >= 11 is 0. The van der Waals surface area contributed by atoms with Crippen LogP contribution >= 0.6 is 0 Å². The molecule has 0 atom stereocenters. The molecule has 274 valence electrons. The first-order valence-electron chi connectivity index (χ1n) is 17.4. The van der Waals surface area contributed by atoms with Crippen LogP contribution in [0.1, 0.15) is 110 Å². The molecule has 0 saturated carbocycles. The maximum absolute atomic E-state index is 11.2. The zero-order chi connectivity index (χ0) is 36.8. The SMILES string of the molecule is CCCC[N+](CCCC)(CCCC)CCCC.O=C([O-])c1cc(-c2ccccn2)nc(-c2ccccn2)c1.O=C([O-])c1cccc(C(=O)[O-])n1.[Ru+2]. The first-order valence-corrected chi connectivity index (χ1v) is 17.4. The normalized spacial score (nSPS) is 10.4. The molecule has 51 heavy (non-hydrogen) atoms. The average Bonchev–Trinajstić information content (AvgIpc) is 3.15. The van der Waals surface area contributed by atoms with E-state index in [1.807, 2.05) is 12.1 Å². The summed E-state index contributed by atoms with van der Waals surface area (Å²) in [6.07, 6.45) is 14.3. The fourth-order valence-corrected chi connectivity index (χ4v) is 5.25. The number of carbonyl (C=O) groups excluding carboxylic acids is 3. The van der Waals surface area contributed by atoms with E-state index in [-0.39, 0.29) is 25.0 Å². The van der Waals surface area contributed by atoms with Crippen LogP contribution in [0.5, 0.6) is 0 Å². The third-order valence-electron chi connectivity index (χ3n) is 8.03. The summed E-state index contributed by atoms with van der Waals surface area (Å²) in [4.78, 5) is 47.6. The second-order valence-electron chi connectivity index (χ2n) is 12.0. The number of carboxylic acid groups (broad SMARTS) is 3. The van der Waals surface area contributed by atoms with Crippen LogP contribution in [0, 0.1) is 0 Å². The Bertz CT molecular complexity index is 1480. The van der Waals surface area contributed by atoms with Gasteiger partial charge in [-0.15, -0.1) is 0 Å². The molecule has 4 aromatic heterocycles. The van der Waals surface area contributed by atoms with Crippen LogP contribution in [0.2, 0.25) is 0 Å². The van der Waals surface area contributed by atoms with E-state index >= 15 is 0 Å². The van der Waals surface area contributed by atoms with Crippen molar-refractivity contribution in [1.82, 2.24) is 19.9 Å². The number of pyridine rings is 4. The minimum absolute atomic E-state index is 0. The maximum Gasteiger partial charge on any atom is 2.00 e. The molecule has 4 rings (SSSR count). The minimum Gasteiger partial charge on any atom is -0.545 e. The van der Waals surface area contributed by atoms with E-state index in [0.29, 0.717) is 22.8 Å². The summed E-state index contributed by atoms with van der Waals surface area (Å²) in [5.41, 5.74) is 1.34. The second-order valence-corrected chi connectivity index (χ2v) is 12.0. The zero-order valence-corrected chi connectivity index (χ0v) is 31.8. The van der Waals surface area contributed by atoms with Gasteiger partial charge in [-0.3, -0.25) is 9.97 Å². The van der Waals surface area contributed by atoms with Gasteiger partial charge in [0.25, 0.3) is 0 Å². The van der Waals surface area contributed by atoms with Gasteiger partial charge in [0.1, 0.15) is 0 Å². The quantitative estimate of drug-likeness (QED) is 0.111. The summed E-state index contributed by atoms with van der Waals surface area (Å²) in [7, 11) is 0. The molecule has 11 nitrogen and oxygen atoms in total. The van der Waals surface area contributed by atoms with Gasteiger partial charge in [-0.05, 0) is 74.2 Å². The van der Waals surface area contributed by atoms with Gasteiger partial charge in [0, 0.05) is 18.0 Å². The van der Waals surface area contributed by atoms with Crippen molar-refractivity contribution >= 4 is 17.9 Å². The third-order valence-corrected chi connectivity index (χ3v) is 8.03. The van der Waals surface area contributed by atoms with Gasteiger partial charge in [-0.25, -0.2) is 9.97 Å². The minimum atomic E-state index is -1.52. The Morgan fingerprint density at radius 1 is 0.529 bits per heavy atom. The number of unbranched alkanes of at least 4 members (excludes halogenated alkanes) is 4. The first-order chi connectivity index (χ1) is 24.1. The molecule has 0 aliphatic rings. The van der Waals surface area contributed by atoms with E-state index in [1.165, 1.54) is 100 Å². The summed E-state index contributed by atoms with van der Waals surface area (Å²) < 4.78 is 1.42. The van der Waals surface area contributed by atoms with Gasteiger partial charge in [-0.1, -0.05) is 71.6 Å². The van der Waals surface area contributed by atoms with E-state index in [0.717, 1.165) is 12.1 Å². The van der Waals surface area contributed by atoms with Crippen molar-refractivity contribution in [3.05, 3.63) is 96.1 Å². The number of hydrogen-bond donors (Lipinski definition) is 0. The summed E-state index contributed by atoms with van der Waals surface area (Å²) in [5, 5.41) is 31.6. The standard InChI is InChI=1S/C16H11N3O2.C16H36N.C7H5NO4.Ru/c20-16(21)11-9-14(12-5-1-3-7-17-12)19-15(10-11)13-6-2-4-8-18-13;1-5-9-13-17(14-10-6-2,15-11-7-3)16-12-8-4;9-6(10)4-2-1-3-5(8-4)7(11)12;/h1-10H,(H,20,21);5-16H2,1-4H3;1-3H,(H,9,10)(H,11,12);/q;+1;;+2/p-3. The van der Waals surface area contributed by atoms with Crippen LogP contribution in [0.4, 0.5) is 0 Å². The number of quaternary nitrogens is 1. The van der Waals surface area contributed by atoms with Crippen LogP contribution < -0.4 is 15.3 Å². The number of hydrogen-bond acceptors (Lipinski definition) is 10. The molecular formula is C39H49N5O6Ru. The maximum atomic E-state index is 11.2. The van der Waals surface area contributed by atoms with Gasteiger partial charge in [0.2, 0.25) is 0 Å². The fraction of sp³-hybridized carbons (Fsp3) is 0.410. The molecule has 4 aromatic rings. The second kappa shape index (κ2) is 24.7. The monoisotopic (exact) mass is 785 g/mol. The molecule has 0 aliphatic carbocycles. The van der Waals surface area contributed by atoms with E-state index < -0.39 is 29.3 Å². The molecular weight excluding hydrogens is 736 g/mol. The Morgan fingerprint density at radius 2 is 0.922 bits per heavy atom. The third kappa shape index (κ3) is 16.0. The largest absolute Gasteiger partial charge is 2.00 e. The molecule has 12 heteroatoms. The number of carboxylic acids is 3. The molecule has 0 amide bonds. The Morgan fingerprint density at radius 3 is 1.22 bits per heavy atom. The van der Waals surface area contributed by atoms with E-state index in [2.05, 4.69) is 47.6 Å². The van der Waals surface area contributed by atoms with E-state index in [1.54, 1.807) is 36.7 Å². The molecule has 0 bridgehead atoms. The number of aromatic nitrogens is 4. The summed E-state index contributed by atoms with van der Waals surface area (Å²) in [5.74, 6) is -4.29. The average molecular weight is 785 g/mol. The Kier molecular flexibility index (Phi) is 21.6. The van der Waals surface area contributed by atoms with E-state index in [9.17, 15) is 29.7 Å². The van der Waals surface area contributed by atoms with Gasteiger partial charge >= 0.3 is 19.5 Å². The van der Waals surface area contributed by atoms with Gasteiger partial charge in [-0.2, -0.15) is 0 Å². The Balaban J connectivity index is 0.000000394. The molecule has 0 saturated heterocycles. The predicted octanol–water partition coefficient (Wildman–Crippen LogP) is 4.38. The smallest absolute Gasteiger partial charge is 0.545 e. The molecule has 0 radical (unpaired) electrons. The molecule has 0 fully saturated rings. The number of nitrogens with zero attached hydrogens (tertiary/aromatic N) is 5. The molecule has 0 spiro atoms. The molecule has 0 aliphatic heterocycles. The topological polar surface area (TPSA) is 172 Å². The fourth-order valence-electron chi connectivity index (χ4n) is 5.25. The van der Waals surface area contributed by atoms with Gasteiger partial charge < -0.3 is 34.2 Å². The van der Waals surface area contributed by atoms with Crippen molar-refractivity contribution in [2.75, 3.05) is 26.2 Å². The van der Waals surface area contributed by atoms with Crippen molar-refractivity contribution in [3.63, 3.8) is 0 Å². The van der Waals surface area contributed by atoms with Crippen molar-refractivity contribution < 1.29 is 53.7 Å². The van der Waals surface area contributed by atoms with Crippen LogP contribution in [-0.4, -0.2) is 68.5 Å². The summed E-state index contributed by atoms with van der Waals surface area (Å²) in [6.45, 7) is 15.0. The number of carbonyl (C=O) groups is 3. The van der Waals surface area contributed by atoms with Crippen molar-refractivity contribution in [2.45, 2.75) is 79.1 Å². The van der Waals surface area contributed by atoms with Crippen LogP contribution in [0.25, 0.3) is 22.8 Å². The van der Waals surface area contributed by atoms with Crippen molar-refractivity contribution in [2.24, 2.45) is 0 Å². The van der Waals surface area contributed by atoms with Crippen molar-refractivity contribution in [3.8, 4) is 22.8 Å². The van der Waals surface area contributed by atoms with Crippen LogP contribution in [0.15, 0.2) is 79.1 Å².